The van der Waals surface area contributed by atoms with Crippen molar-refractivity contribution < 1.29 is 34.4 Å². The Kier molecular flexibility index (Phi) is 5.29. The lowest BCUT2D eigenvalue weighted by atomic mass is 9.58. The van der Waals surface area contributed by atoms with E-state index in [2.05, 4.69) is 0 Å². The van der Waals surface area contributed by atoms with Crippen LogP contribution < -0.4 is 9.47 Å². The fraction of sp³-hybridized carbons (Fsp3) is 0.312. The van der Waals surface area contributed by atoms with Gasteiger partial charge in [0.15, 0.2) is 40.3 Å². The zero-order valence-electron chi connectivity index (χ0n) is 22.9. The number of benzene rings is 3. The Morgan fingerprint density at radius 1 is 0.927 bits per heavy atom. The van der Waals surface area contributed by atoms with E-state index in [0.29, 0.717) is 28.8 Å². The first-order valence-electron chi connectivity index (χ1n) is 13.5. The number of Topliss-reactive ketones (excluding diaryl/α,β-unsaturated/α-hetero) is 2. The van der Waals surface area contributed by atoms with Gasteiger partial charge < -0.3 is 24.8 Å². The lowest BCUT2D eigenvalue weighted by Gasteiger charge is -2.45. The van der Waals surface area contributed by atoms with E-state index in [0.717, 1.165) is 5.56 Å². The summed E-state index contributed by atoms with van der Waals surface area (Å²) in [6.07, 6.45) is 1.75. The standard InChI is InChI=1S/C32H30N2O7/c1-33-16-23(19-9-11-25(36)27(14-19)41-3)30-17-34(32(39)22-7-5-4-6-21(22)29(38)31(30,32)33)15-20(28(30)37)12-18-8-10-24(35)26(13-18)40-2/h4-14,23,35-36,39H,15-17H2,1-3H3/b20-12+/t23-,30+,31-,32-/m1/s1. The van der Waals surface area contributed by atoms with Crippen LogP contribution >= 0.6 is 0 Å². The van der Waals surface area contributed by atoms with Crippen LogP contribution in [0.3, 0.4) is 0 Å². The number of aliphatic hydroxyl groups is 1. The molecule has 0 amide bonds. The largest absolute Gasteiger partial charge is 0.504 e. The SMILES string of the molecule is COc1cc(/C=C2\CN3C[C@@]4(C2=O)[C@@H](c2ccc(O)c(OC)c2)CN(C)[C@]42C(=O)c4ccccc4[C@]32O)ccc1O. The predicted octanol–water partition coefficient (Wildman–Crippen LogP) is 2.89. The van der Waals surface area contributed by atoms with Crippen LogP contribution in [0.15, 0.2) is 66.2 Å². The molecule has 9 heteroatoms. The molecule has 1 unspecified atom stereocenters. The molecule has 3 heterocycles. The van der Waals surface area contributed by atoms with Crippen molar-refractivity contribution in [3.8, 4) is 23.0 Å². The van der Waals surface area contributed by atoms with E-state index in [1.54, 1.807) is 61.7 Å². The molecule has 3 aromatic rings. The Balaban J connectivity index is 1.49. The normalized spacial score (nSPS) is 32.6. The summed E-state index contributed by atoms with van der Waals surface area (Å²) in [7, 11) is 4.72. The van der Waals surface area contributed by atoms with Gasteiger partial charge in [-0.05, 0) is 48.5 Å². The van der Waals surface area contributed by atoms with Gasteiger partial charge in [0, 0.05) is 42.3 Å². The number of aromatic hydroxyl groups is 2. The van der Waals surface area contributed by atoms with Crippen LogP contribution in [0.2, 0.25) is 0 Å². The monoisotopic (exact) mass is 554 g/mol. The van der Waals surface area contributed by atoms with Crippen LogP contribution in [0.1, 0.15) is 33.0 Å². The minimum atomic E-state index is -1.75. The van der Waals surface area contributed by atoms with E-state index in [4.69, 9.17) is 9.47 Å². The van der Waals surface area contributed by atoms with Crippen molar-refractivity contribution >= 4 is 17.6 Å². The second kappa shape index (κ2) is 8.42. The molecule has 0 aromatic heterocycles. The third-order valence-corrected chi connectivity index (χ3v) is 9.76. The summed E-state index contributed by atoms with van der Waals surface area (Å²) >= 11 is 0. The lowest BCUT2D eigenvalue weighted by molar-refractivity contribution is -0.145. The fourth-order valence-corrected chi connectivity index (χ4v) is 8.21. The molecule has 2 spiro atoms. The number of carbonyl (C=O) groups is 2. The molecule has 1 aliphatic carbocycles. The van der Waals surface area contributed by atoms with E-state index < -0.39 is 22.6 Å². The van der Waals surface area contributed by atoms with Crippen molar-refractivity contribution in [2.24, 2.45) is 5.41 Å². The molecule has 0 saturated carbocycles. The van der Waals surface area contributed by atoms with Gasteiger partial charge in [0.1, 0.15) is 5.54 Å². The van der Waals surface area contributed by atoms with Gasteiger partial charge >= 0.3 is 0 Å². The quantitative estimate of drug-likeness (QED) is 0.418. The maximum atomic E-state index is 15.0. The number of likely N-dealkylation sites (tertiary alicyclic amines) is 1. The van der Waals surface area contributed by atoms with Gasteiger partial charge in [-0.25, -0.2) is 0 Å². The highest BCUT2D eigenvalue weighted by Crippen LogP contribution is 2.72. The molecule has 7 rings (SSSR count). The molecule has 3 aliphatic heterocycles. The zero-order chi connectivity index (χ0) is 28.9. The van der Waals surface area contributed by atoms with Gasteiger partial charge in [-0.3, -0.25) is 19.4 Å². The Labute approximate surface area is 236 Å². The van der Waals surface area contributed by atoms with Crippen LogP contribution in [-0.4, -0.2) is 83.1 Å². The highest BCUT2D eigenvalue weighted by molar-refractivity contribution is 6.18. The fourth-order valence-electron chi connectivity index (χ4n) is 8.21. The van der Waals surface area contributed by atoms with E-state index in [1.165, 1.54) is 26.4 Å². The summed E-state index contributed by atoms with van der Waals surface area (Å²) < 4.78 is 10.7. The van der Waals surface area contributed by atoms with Gasteiger partial charge in [0.2, 0.25) is 0 Å². The molecule has 2 bridgehead atoms. The molecule has 41 heavy (non-hydrogen) atoms. The molecular weight excluding hydrogens is 524 g/mol. The second-order valence-corrected chi connectivity index (χ2v) is 11.4. The summed E-state index contributed by atoms with van der Waals surface area (Å²) in [4.78, 5) is 33.3. The summed E-state index contributed by atoms with van der Waals surface area (Å²) in [6.45, 7) is 0.635. The summed E-state index contributed by atoms with van der Waals surface area (Å²) in [5, 5.41) is 33.3. The number of ketones is 2. The molecule has 0 radical (unpaired) electrons. The van der Waals surface area contributed by atoms with Crippen molar-refractivity contribution in [3.05, 3.63) is 88.5 Å². The second-order valence-electron chi connectivity index (χ2n) is 11.4. The average Bonchev–Trinajstić information content (AvgIpc) is 3.44. The molecule has 5 atom stereocenters. The smallest absolute Gasteiger partial charge is 0.189 e. The number of hydrogen-bond acceptors (Lipinski definition) is 9. The van der Waals surface area contributed by atoms with E-state index in [-0.39, 0.29) is 47.7 Å². The number of fused-ring (bicyclic) bond motifs is 4. The minimum Gasteiger partial charge on any atom is -0.504 e. The van der Waals surface area contributed by atoms with Crippen LogP contribution in [0.25, 0.3) is 6.08 Å². The first-order valence-corrected chi connectivity index (χ1v) is 13.5. The third-order valence-electron chi connectivity index (χ3n) is 9.76. The van der Waals surface area contributed by atoms with Gasteiger partial charge in [0.05, 0.1) is 19.6 Å². The van der Waals surface area contributed by atoms with Crippen LogP contribution in [-0.2, 0) is 10.5 Å². The van der Waals surface area contributed by atoms with Crippen molar-refractivity contribution in [1.82, 2.24) is 9.80 Å². The molecular formula is C32H30N2O7. The molecule has 4 aliphatic rings. The van der Waals surface area contributed by atoms with Crippen molar-refractivity contribution in [2.75, 3.05) is 40.9 Å². The van der Waals surface area contributed by atoms with Crippen LogP contribution in [0, 0.1) is 5.41 Å². The molecule has 3 fully saturated rings. The Morgan fingerprint density at radius 2 is 1.61 bits per heavy atom. The predicted molar refractivity (Wildman–Crippen MR) is 149 cm³/mol. The summed E-state index contributed by atoms with van der Waals surface area (Å²) in [5.41, 5.74) is -1.91. The molecule has 3 saturated heterocycles. The van der Waals surface area contributed by atoms with Crippen molar-refractivity contribution in [1.29, 1.82) is 0 Å². The van der Waals surface area contributed by atoms with Crippen LogP contribution in [0.5, 0.6) is 23.0 Å². The van der Waals surface area contributed by atoms with E-state index in [1.807, 2.05) is 9.80 Å². The molecule has 9 nitrogen and oxygen atoms in total. The first-order chi connectivity index (χ1) is 19.6. The number of rotatable bonds is 4. The highest BCUT2D eigenvalue weighted by atomic mass is 16.5. The van der Waals surface area contributed by atoms with Gasteiger partial charge in [-0.15, -0.1) is 0 Å². The van der Waals surface area contributed by atoms with Gasteiger partial charge in [-0.2, -0.15) is 0 Å². The third kappa shape index (κ3) is 2.85. The lowest BCUT2D eigenvalue weighted by Crippen LogP contribution is -2.66. The maximum absolute atomic E-state index is 15.0. The number of carbonyl (C=O) groups excluding carboxylic acids is 2. The highest BCUT2D eigenvalue weighted by Gasteiger charge is 2.87. The summed E-state index contributed by atoms with van der Waals surface area (Å²) in [6, 6.07) is 16.9. The van der Waals surface area contributed by atoms with E-state index in [9.17, 15) is 24.9 Å². The maximum Gasteiger partial charge on any atom is 0.189 e. The zero-order valence-corrected chi connectivity index (χ0v) is 22.9. The van der Waals surface area contributed by atoms with Crippen LogP contribution in [0.4, 0.5) is 0 Å². The number of phenols is 2. The number of likely N-dealkylation sites (N-methyl/N-ethyl adjacent to an activating group) is 1. The topological polar surface area (TPSA) is 120 Å². The summed E-state index contributed by atoms with van der Waals surface area (Å²) in [5.74, 6) is -0.480. The number of hydrogen-bond donors (Lipinski definition) is 3. The van der Waals surface area contributed by atoms with Gasteiger partial charge in [0.25, 0.3) is 0 Å². The van der Waals surface area contributed by atoms with Crippen molar-refractivity contribution in [3.63, 3.8) is 0 Å². The Bertz CT molecular complexity index is 1680. The molecule has 210 valence electrons. The number of ether oxygens (including phenoxy) is 2. The Hall–Kier alpha value is -4.18. The number of methoxy groups -OCH3 is 2. The van der Waals surface area contributed by atoms with Crippen molar-refractivity contribution in [2.45, 2.75) is 17.2 Å². The minimum absolute atomic E-state index is 0.0178. The number of phenolic OH excluding ortho intramolecular Hbond substituents is 2. The first kappa shape index (κ1) is 25.8. The molecule has 3 N–H and O–H groups in total. The number of piperidine rings is 1. The molecule has 3 aromatic carbocycles. The average molecular weight is 555 g/mol. The number of nitrogens with zero attached hydrogens (tertiary/aromatic N) is 2. The van der Waals surface area contributed by atoms with Gasteiger partial charge in [-0.1, -0.05) is 36.4 Å². The van der Waals surface area contributed by atoms with E-state index >= 15 is 0 Å². The Morgan fingerprint density at radius 3 is 2.34 bits per heavy atom.